The molecule has 0 aliphatic carbocycles. The van der Waals surface area contributed by atoms with Gasteiger partial charge in [-0.15, -0.1) is 0 Å². The van der Waals surface area contributed by atoms with E-state index < -0.39 is 0 Å². The molecule has 0 amide bonds. The summed E-state index contributed by atoms with van der Waals surface area (Å²) in [6.45, 7) is 4.54. The van der Waals surface area contributed by atoms with Crippen LogP contribution in [0.2, 0.25) is 0 Å². The third kappa shape index (κ3) is 9.89. The van der Waals surface area contributed by atoms with E-state index in [1.54, 1.807) is 0 Å². The number of hydrogen-bond donors (Lipinski definition) is 0. The monoisotopic (exact) mass is 336 g/mol. The van der Waals surface area contributed by atoms with Crippen molar-refractivity contribution in [3.8, 4) is 0 Å². The molecular formula is C6H12NU-. The van der Waals surface area contributed by atoms with Crippen LogP contribution in [0.5, 0.6) is 0 Å². The Bertz CT molecular complexity index is 52.5. The molecule has 46 valence electrons. The molecule has 0 saturated carbocycles. The second-order valence-corrected chi connectivity index (χ2v) is 1.80. The number of rotatable bonds is 3. The second kappa shape index (κ2) is 7.75. The fraction of sp³-hybridized carbons (Fsp3) is 0.667. The maximum atomic E-state index is 3.48. The zero-order valence-corrected chi connectivity index (χ0v) is 9.73. The van der Waals surface area contributed by atoms with Gasteiger partial charge in [0, 0.05) is 31.1 Å². The van der Waals surface area contributed by atoms with Gasteiger partial charge in [0.05, 0.1) is 0 Å². The summed E-state index contributed by atoms with van der Waals surface area (Å²) < 4.78 is 0. The minimum Gasteiger partial charge on any atom is -0.503 e. The second-order valence-electron chi connectivity index (χ2n) is 1.80. The van der Waals surface area contributed by atoms with Gasteiger partial charge in [-0.3, -0.25) is 6.58 Å². The summed E-state index contributed by atoms with van der Waals surface area (Å²) >= 11 is 0. The zero-order chi connectivity index (χ0) is 5.70. The summed E-state index contributed by atoms with van der Waals surface area (Å²) in [5.74, 6) is 0. The Labute approximate surface area is 75.5 Å². The Morgan fingerprint density at radius 2 is 2.00 bits per heavy atom. The number of hydrogen-bond acceptors (Lipinski definition) is 1. The van der Waals surface area contributed by atoms with E-state index in [4.69, 9.17) is 0 Å². The normalized spacial score (nSPS) is 8.38. The molecule has 0 saturated heterocycles. The average Bonchev–Trinajstić information content (AvgIpc) is 1.61. The molecule has 0 spiro atoms. The van der Waals surface area contributed by atoms with Gasteiger partial charge in [-0.25, -0.2) is 0 Å². The Morgan fingerprint density at radius 1 is 1.50 bits per heavy atom. The molecule has 0 radical (unpaired) electrons. The van der Waals surface area contributed by atoms with Gasteiger partial charge in [-0.2, -0.15) is 6.42 Å². The number of nitrogens with zero attached hydrogens (tertiary/aromatic N) is 1. The van der Waals surface area contributed by atoms with E-state index in [1.807, 2.05) is 14.1 Å². The molecule has 0 rings (SSSR count). The quantitative estimate of drug-likeness (QED) is 0.693. The van der Waals surface area contributed by atoms with Crippen molar-refractivity contribution in [1.82, 2.24) is 4.90 Å². The summed E-state index contributed by atoms with van der Waals surface area (Å²) in [5.41, 5.74) is 0. The first-order chi connectivity index (χ1) is 3.27. The van der Waals surface area contributed by atoms with Gasteiger partial charge in [0.1, 0.15) is 0 Å². The van der Waals surface area contributed by atoms with Crippen molar-refractivity contribution in [2.24, 2.45) is 0 Å². The van der Waals surface area contributed by atoms with Crippen LogP contribution in [0.1, 0.15) is 6.42 Å². The molecule has 0 aliphatic rings. The standard InChI is InChI=1S/C6H12N.U/c1-4-5-6-7(2)3;/h1,5-6H2,2-3H3;/q-1;. The minimum absolute atomic E-state index is 0. The fourth-order valence-corrected chi connectivity index (χ4v) is 0.303. The maximum absolute atomic E-state index is 3.48. The van der Waals surface area contributed by atoms with Crippen LogP contribution in [0, 0.1) is 37.2 Å². The van der Waals surface area contributed by atoms with Gasteiger partial charge in [0.2, 0.25) is 0 Å². The van der Waals surface area contributed by atoms with Crippen molar-refractivity contribution < 1.29 is 31.1 Å². The summed E-state index contributed by atoms with van der Waals surface area (Å²) in [4.78, 5) is 2.11. The first kappa shape index (κ1) is 11.5. The Hall–Kier alpha value is 0.752. The molecule has 0 aromatic heterocycles. The molecule has 0 unspecified atom stereocenters. The molecule has 0 aromatic carbocycles. The van der Waals surface area contributed by atoms with E-state index in [-0.39, 0.29) is 31.1 Å². The van der Waals surface area contributed by atoms with E-state index in [9.17, 15) is 0 Å². The molecular weight excluding hydrogens is 324 g/mol. The molecule has 0 fully saturated rings. The molecule has 0 atom stereocenters. The van der Waals surface area contributed by atoms with E-state index in [1.165, 1.54) is 0 Å². The molecule has 0 heterocycles. The molecule has 1 nitrogen and oxygen atoms in total. The topological polar surface area (TPSA) is 3.24 Å². The van der Waals surface area contributed by atoms with Gasteiger partial charge in [0.25, 0.3) is 0 Å². The van der Waals surface area contributed by atoms with Crippen LogP contribution >= 0.6 is 0 Å². The third-order valence-corrected chi connectivity index (χ3v) is 0.736. The van der Waals surface area contributed by atoms with Crippen molar-refractivity contribution in [2.45, 2.75) is 6.42 Å². The van der Waals surface area contributed by atoms with Crippen LogP contribution in [0.3, 0.4) is 0 Å². The van der Waals surface area contributed by atoms with E-state index in [0.717, 1.165) is 13.0 Å². The van der Waals surface area contributed by atoms with E-state index in [2.05, 4.69) is 17.6 Å². The van der Waals surface area contributed by atoms with Crippen LogP contribution in [0.15, 0.2) is 6.58 Å². The smallest absolute Gasteiger partial charge is 0 e. The zero-order valence-electron chi connectivity index (χ0n) is 5.57. The largest absolute Gasteiger partial charge is 0.503 e. The van der Waals surface area contributed by atoms with Gasteiger partial charge in [-0.05, 0) is 20.6 Å². The van der Waals surface area contributed by atoms with Crippen molar-refractivity contribution in [2.75, 3.05) is 20.6 Å². The summed E-state index contributed by atoms with van der Waals surface area (Å²) in [6.07, 6.45) is 3.77. The molecule has 0 aromatic rings. The van der Waals surface area contributed by atoms with Crippen LogP contribution in [-0.4, -0.2) is 25.5 Å². The first-order valence-electron chi connectivity index (χ1n) is 2.42. The van der Waals surface area contributed by atoms with Gasteiger partial charge < -0.3 is 11.0 Å². The molecule has 8 heavy (non-hydrogen) atoms. The summed E-state index contributed by atoms with van der Waals surface area (Å²) in [7, 11) is 4.08. The van der Waals surface area contributed by atoms with Crippen molar-refractivity contribution >= 4 is 0 Å². The van der Waals surface area contributed by atoms with Crippen molar-refractivity contribution in [3.05, 3.63) is 12.7 Å². The predicted molar refractivity (Wildman–Crippen MR) is 32.0 cm³/mol. The Balaban J connectivity index is 0. The third-order valence-electron chi connectivity index (χ3n) is 0.736. The van der Waals surface area contributed by atoms with Crippen LogP contribution < -0.4 is 0 Å². The minimum atomic E-state index is 0. The Kier molecular flexibility index (Phi) is 11.2. The maximum Gasteiger partial charge on any atom is 0 e. The molecule has 0 bridgehead atoms. The molecule has 0 aliphatic heterocycles. The first-order valence-corrected chi connectivity index (χ1v) is 2.42. The van der Waals surface area contributed by atoms with Crippen LogP contribution in [-0.2, 0) is 0 Å². The predicted octanol–water partition coefficient (Wildman–Crippen LogP) is 0.927. The molecule has 2 heteroatoms. The van der Waals surface area contributed by atoms with E-state index in [0.29, 0.717) is 0 Å². The average molecular weight is 336 g/mol. The van der Waals surface area contributed by atoms with Crippen LogP contribution in [0.4, 0.5) is 0 Å². The summed E-state index contributed by atoms with van der Waals surface area (Å²) in [6, 6.07) is 0. The Morgan fingerprint density at radius 3 is 2.12 bits per heavy atom. The van der Waals surface area contributed by atoms with E-state index >= 15 is 0 Å². The van der Waals surface area contributed by atoms with Crippen LogP contribution in [0.25, 0.3) is 0 Å². The van der Waals surface area contributed by atoms with Crippen molar-refractivity contribution in [3.63, 3.8) is 0 Å². The molecule has 0 N–H and O–H groups in total. The summed E-state index contributed by atoms with van der Waals surface area (Å²) in [5, 5.41) is 0. The van der Waals surface area contributed by atoms with Gasteiger partial charge in [-0.1, -0.05) is 0 Å². The SMILES string of the molecule is C=[C-]CCN(C)C.[U]. The van der Waals surface area contributed by atoms with Gasteiger partial charge in [0.15, 0.2) is 0 Å². The van der Waals surface area contributed by atoms with Gasteiger partial charge >= 0.3 is 0 Å². The fourth-order valence-electron chi connectivity index (χ4n) is 0.303. The van der Waals surface area contributed by atoms with Crippen molar-refractivity contribution in [1.29, 1.82) is 0 Å².